The Kier molecular flexibility index (Phi) is 4.44. The lowest BCUT2D eigenvalue weighted by Gasteiger charge is -2.27. The Morgan fingerprint density at radius 1 is 0.808 bits per heavy atom. The molecule has 0 bridgehead atoms. The molecule has 0 heterocycles. The van der Waals surface area contributed by atoms with E-state index >= 15 is 0 Å². The minimum atomic E-state index is -3.22. The molecule has 0 aliphatic heterocycles. The third kappa shape index (κ3) is 3.53. The molecule has 1 aliphatic carbocycles. The minimum absolute atomic E-state index is 0.0256. The number of hydrogen-bond acceptors (Lipinski definition) is 4. The van der Waals surface area contributed by atoms with Crippen LogP contribution in [0.1, 0.15) is 25.8 Å². The second-order valence-corrected chi connectivity index (χ2v) is 9.30. The SMILES string of the molecule is CC1(C)CC(=O)C=C(c2ccc(-c3ccc(S(C)(=O)=O)cc3)cc2)C1=O. The highest BCUT2D eigenvalue weighted by Gasteiger charge is 2.36. The number of hydrogen-bond donors (Lipinski definition) is 0. The maximum Gasteiger partial charge on any atom is 0.175 e. The highest BCUT2D eigenvalue weighted by Crippen LogP contribution is 2.35. The van der Waals surface area contributed by atoms with E-state index in [9.17, 15) is 18.0 Å². The first-order valence-corrected chi connectivity index (χ1v) is 10.2. The summed E-state index contributed by atoms with van der Waals surface area (Å²) in [6.07, 6.45) is 2.85. The number of Topliss-reactive ketones (excluding diaryl/α,β-unsaturated/α-hetero) is 1. The number of carbonyl (C=O) groups is 2. The number of carbonyl (C=O) groups excluding carboxylic acids is 2. The average molecular weight is 368 g/mol. The smallest absolute Gasteiger partial charge is 0.175 e. The van der Waals surface area contributed by atoms with Crippen LogP contribution in [0.5, 0.6) is 0 Å². The van der Waals surface area contributed by atoms with Gasteiger partial charge in [-0.1, -0.05) is 50.2 Å². The summed E-state index contributed by atoms with van der Waals surface area (Å²) >= 11 is 0. The average Bonchev–Trinajstić information content (AvgIpc) is 2.57. The first-order chi connectivity index (χ1) is 12.1. The zero-order valence-corrected chi connectivity index (χ0v) is 15.8. The van der Waals surface area contributed by atoms with Gasteiger partial charge < -0.3 is 0 Å². The molecule has 0 N–H and O–H groups in total. The molecule has 1 aliphatic rings. The summed E-state index contributed by atoms with van der Waals surface area (Å²) in [4.78, 5) is 24.8. The first kappa shape index (κ1) is 18.3. The lowest BCUT2D eigenvalue weighted by Crippen LogP contribution is -2.31. The molecule has 0 amide bonds. The van der Waals surface area contributed by atoms with Gasteiger partial charge in [0.1, 0.15) is 0 Å². The molecule has 0 fully saturated rings. The van der Waals surface area contributed by atoms with Gasteiger partial charge in [-0.05, 0) is 34.9 Å². The summed E-state index contributed by atoms with van der Waals surface area (Å²) in [5.74, 6) is -0.0626. The summed E-state index contributed by atoms with van der Waals surface area (Å²) in [6, 6.07) is 14.0. The Balaban J connectivity index is 1.92. The van der Waals surface area contributed by atoms with Gasteiger partial charge in [0.2, 0.25) is 0 Å². The van der Waals surface area contributed by atoms with Gasteiger partial charge in [0, 0.05) is 23.7 Å². The van der Waals surface area contributed by atoms with E-state index in [-0.39, 0.29) is 22.9 Å². The van der Waals surface area contributed by atoms with Crippen molar-refractivity contribution in [2.24, 2.45) is 5.41 Å². The van der Waals surface area contributed by atoms with E-state index in [0.717, 1.165) is 11.1 Å². The van der Waals surface area contributed by atoms with E-state index in [1.165, 1.54) is 12.3 Å². The summed E-state index contributed by atoms with van der Waals surface area (Å²) < 4.78 is 23.1. The molecule has 4 nitrogen and oxygen atoms in total. The largest absolute Gasteiger partial charge is 0.295 e. The van der Waals surface area contributed by atoms with Crippen molar-refractivity contribution < 1.29 is 18.0 Å². The maximum atomic E-state index is 12.6. The van der Waals surface area contributed by atoms with Gasteiger partial charge in [-0.3, -0.25) is 9.59 Å². The van der Waals surface area contributed by atoms with Crippen molar-refractivity contribution in [2.75, 3.05) is 6.26 Å². The zero-order valence-electron chi connectivity index (χ0n) is 14.9. The van der Waals surface area contributed by atoms with E-state index in [1.54, 1.807) is 38.1 Å². The van der Waals surface area contributed by atoms with Crippen molar-refractivity contribution in [3.05, 3.63) is 60.2 Å². The fourth-order valence-corrected chi connectivity index (χ4v) is 3.74. The van der Waals surface area contributed by atoms with Crippen LogP contribution in [-0.2, 0) is 19.4 Å². The van der Waals surface area contributed by atoms with E-state index in [1.807, 2.05) is 24.3 Å². The number of allylic oxidation sites excluding steroid dienone is 2. The topological polar surface area (TPSA) is 68.3 Å². The van der Waals surface area contributed by atoms with Crippen molar-refractivity contribution in [1.82, 2.24) is 0 Å². The number of rotatable bonds is 3. The summed E-state index contributed by atoms with van der Waals surface area (Å²) in [7, 11) is -3.22. The van der Waals surface area contributed by atoms with Crippen LogP contribution in [0.3, 0.4) is 0 Å². The summed E-state index contributed by atoms with van der Waals surface area (Å²) in [5, 5.41) is 0. The molecule has 0 saturated heterocycles. The molecule has 0 radical (unpaired) electrons. The van der Waals surface area contributed by atoms with Crippen molar-refractivity contribution >= 4 is 27.0 Å². The summed E-state index contributed by atoms with van der Waals surface area (Å²) in [5.41, 5.74) is 2.27. The highest BCUT2D eigenvalue weighted by atomic mass is 32.2. The lowest BCUT2D eigenvalue weighted by molar-refractivity contribution is -0.127. The Morgan fingerprint density at radius 3 is 1.77 bits per heavy atom. The molecule has 0 atom stereocenters. The van der Waals surface area contributed by atoms with E-state index in [2.05, 4.69) is 0 Å². The predicted octanol–water partition coefficient (Wildman–Crippen LogP) is 3.71. The van der Waals surface area contributed by atoms with Gasteiger partial charge >= 0.3 is 0 Å². The van der Waals surface area contributed by atoms with Crippen LogP contribution in [-0.4, -0.2) is 26.2 Å². The van der Waals surface area contributed by atoms with Gasteiger partial charge in [0.15, 0.2) is 21.4 Å². The molecule has 3 rings (SSSR count). The van der Waals surface area contributed by atoms with E-state index in [4.69, 9.17) is 0 Å². The number of benzene rings is 2. The van der Waals surface area contributed by atoms with Crippen molar-refractivity contribution in [1.29, 1.82) is 0 Å². The Bertz CT molecular complexity index is 1010. The van der Waals surface area contributed by atoms with Crippen LogP contribution in [0.4, 0.5) is 0 Å². The molecule has 0 unspecified atom stereocenters. The van der Waals surface area contributed by atoms with Crippen molar-refractivity contribution in [3.63, 3.8) is 0 Å². The Labute approximate surface area is 153 Å². The minimum Gasteiger partial charge on any atom is -0.295 e. The number of ketones is 2. The van der Waals surface area contributed by atoms with Crippen LogP contribution in [0.25, 0.3) is 16.7 Å². The molecule has 0 aromatic heterocycles. The molecule has 2 aromatic carbocycles. The molecule has 2 aromatic rings. The van der Waals surface area contributed by atoms with Gasteiger partial charge in [-0.25, -0.2) is 8.42 Å². The van der Waals surface area contributed by atoms with Gasteiger partial charge in [0.05, 0.1) is 4.90 Å². The molecule has 26 heavy (non-hydrogen) atoms. The molecule has 5 heteroatoms. The van der Waals surface area contributed by atoms with Crippen LogP contribution < -0.4 is 0 Å². The molecule has 0 saturated carbocycles. The third-order valence-electron chi connectivity index (χ3n) is 4.59. The molecular weight excluding hydrogens is 348 g/mol. The van der Waals surface area contributed by atoms with Crippen molar-refractivity contribution in [3.8, 4) is 11.1 Å². The van der Waals surface area contributed by atoms with Crippen LogP contribution in [0, 0.1) is 5.41 Å². The van der Waals surface area contributed by atoms with E-state index in [0.29, 0.717) is 11.1 Å². The summed E-state index contributed by atoms with van der Waals surface area (Å²) in [6.45, 7) is 3.58. The Hall–Kier alpha value is -2.53. The second-order valence-electron chi connectivity index (χ2n) is 7.29. The second kappa shape index (κ2) is 6.32. The first-order valence-electron chi connectivity index (χ1n) is 8.28. The fraction of sp³-hybridized carbons (Fsp3) is 0.238. The van der Waals surface area contributed by atoms with Crippen molar-refractivity contribution in [2.45, 2.75) is 25.2 Å². The standard InChI is InChI=1S/C21H20O4S/c1-21(2)13-17(22)12-19(20(21)23)16-6-4-14(5-7-16)15-8-10-18(11-9-15)26(3,24)25/h4-12H,13H2,1-3H3. The lowest BCUT2D eigenvalue weighted by atomic mass is 9.74. The molecule has 0 spiro atoms. The molecule has 134 valence electrons. The quantitative estimate of drug-likeness (QED) is 0.828. The predicted molar refractivity (Wildman–Crippen MR) is 101 cm³/mol. The molecular formula is C21H20O4S. The maximum absolute atomic E-state index is 12.6. The Morgan fingerprint density at radius 2 is 1.27 bits per heavy atom. The van der Waals surface area contributed by atoms with Gasteiger partial charge in [0.25, 0.3) is 0 Å². The third-order valence-corrected chi connectivity index (χ3v) is 5.72. The highest BCUT2D eigenvalue weighted by molar-refractivity contribution is 7.90. The van der Waals surface area contributed by atoms with Crippen LogP contribution >= 0.6 is 0 Å². The van der Waals surface area contributed by atoms with Gasteiger partial charge in [-0.2, -0.15) is 0 Å². The van der Waals surface area contributed by atoms with E-state index < -0.39 is 15.3 Å². The normalized spacial score (nSPS) is 17.1. The van der Waals surface area contributed by atoms with Crippen LogP contribution in [0.2, 0.25) is 0 Å². The van der Waals surface area contributed by atoms with Gasteiger partial charge in [-0.15, -0.1) is 0 Å². The fourth-order valence-electron chi connectivity index (χ4n) is 3.11. The van der Waals surface area contributed by atoms with Crippen LogP contribution in [0.15, 0.2) is 59.5 Å². The monoisotopic (exact) mass is 368 g/mol. The number of sulfone groups is 1. The zero-order chi connectivity index (χ0) is 19.1.